The first-order chi connectivity index (χ1) is 7.22. The molecule has 0 amide bonds. The summed E-state index contributed by atoms with van der Waals surface area (Å²) in [6.07, 6.45) is 3.74. The van der Waals surface area contributed by atoms with Crippen molar-refractivity contribution in [1.29, 1.82) is 0 Å². The van der Waals surface area contributed by atoms with Gasteiger partial charge in [0.15, 0.2) is 0 Å². The summed E-state index contributed by atoms with van der Waals surface area (Å²) in [6.45, 7) is 0. The highest BCUT2D eigenvalue weighted by atomic mass is 16.5. The van der Waals surface area contributed by atoms with Crippen molar-refractivity contribution in [3.63, 3.8) is 0 Å². The zero-order valence-corrected chi connectivity index (χ0v) is 9.79. The first-order valence-corrected chi connectivity index (χ1v) is 5.55. The van der Waals surface area contributed by atoms with Crippen molar-refractivity contribution in [2.75, 3.05) is 21.2 Å². The van der Waals surface area contributed by atoms with Crippen molar-refractivity contribution >= 4 is 0 Å². The summed E-state index contributed by atoms with van der Waals surface area (Å²) in [4.78, 5) is 2.31. The molecule has 0 N–H and O–H groups in total. The predicted octanol–water partition coefficient (Wildman–Crippen LogP) is 2.63. The molecule has 1 aliphatic rings. The predicted molar refractivity (Wildman–Crippen MR) is 62.4 cm³/mol. The van der Waals surface area contributed by atoms with E-state index in [2.05, 4.69) is 37.2 Å². The first kappa shape index (κ1) is 10.5. The van der Waals surface area contributed by atoms with Gasteiger partial charge < -0.3 is 9.64 Å². The Kier molecular flexibility index (Phi) is 2.96. The Bertz CT molecular complexity index is 346. The second-order valence-electron chi connectivity index (χ2n) is 4.44. The van der Waals surface area contributed by atoms with E-state index in [1.54, 1.807) is 7.11 Å². The highest BCUT2D eigenvalue weighted by Crippen LogP contribution is 2.34. The van der Waals surface area contributed by atoms with Gasteiger partial charge in [-0.2, -0.15) is 0 Å². The molecule has 0 radical (unpaired) electrons. The molecule has 0 bridgehead atoms. The van der Waals surface area contributed by atoms with Crippen molar-refractivity contribution < 1.29 is 4.74 Å². The lowest BCUT2D eigenvalue weighted by atomic mass is 9.87. The van der Waals surface area contributed by atoms with Crippen LogP contribution in [-0.4, -0.2) is 26.1 Å². The molecule has 1 aromatic carbocycles. The Hall–Kier alpha value is -1.02. The van der Waals surface area contributed by atoms with Crippen LogP contribution < -0.4 is 4.74 Å². The fourth-order valence-electron chi connectivity index (χ4n) is 2.43. The molecule has 2 nitrogen and oxygen atoms in total. The summed E-state index contributed by atoms with van der Waals surface area (Å²) < 4.78 is 5.26. The minimum Gasteiger partial charge on any atom is -0.497 e. The fraction of sp³-hybridized carbons (Fsp3) is 0.538. The molecular formula is C13H19NO. The van der Waals surface area contributed by atoms with Gasteiger partial charge in [-0.1, -0.05) is 6.07 Å². The van der Waals surface area contributed by atoms with Gasteiger partial charge in [0.1, 0.15) is 5.75 Å². The highest BCUT2D eigenvalue weighted by molar-refractivity contribution is 5.39. The summed E-state index contributed by atoms with van der Waals surface area (Å²) in [5, 5.41) is 0. The average Bonchev–Trinajstić information content (AvgIpc) is 2.27. The molecule has 0 aromatic heterocycles. The number of nitrogens with zero attached hydrogens (tertiary/aromatic N) is 1. The monoisotopic (exact) mass is 205 g/mol. The van der Waals surface area contributed by atoms with Crippen molar-refractivity contribution in [2.24, 2.45) is 0 Å². The van der Waals surface area contributed by atoms with E-state index in [1.165, 1.54) is 30.4 Å². The van der Waals surface area contributed by atoms with Crippen LogP contribution in [0.3, 0.4) is 0 Å². The minimum absolute atomic E-state index is 0.583. The number of hydrogen-bond acceptors (Lipinski definition) is 2. The van der Waals surface area contributed by atoms with Crippen LogP contribution in [0.5, 0.6) is 5.75 Å². The smallest absolute Gasteiger partial charge is 0.119 e. The standard InChI is InChI=1S/C13H19NO/c1-14(2)13-6-4-5-10-9-11(15-3)7-8-12(10)13/h7-9,13H,4-6H2,1-3H3/t13-/m0/s1. The fourth-order valence-corrected chi connectivity index (χ4v) is 2.43. The molecule has 0 saturated carbocycles. The molecule has 82 valence electrons. The molecule has 0 fully saturated rings. The third kappa shape index (κ3) is 2.00. The molecule has 2 heteroatoms. The lowest BCUT2D eigenvalue weighted by molar-refractivity contribution is 0.268. The van der Waals surface area contributed by atoms with Crippen molar-refractivity contribution in [3.8, 4) is 5.75 Å². The van der Waals surface area contributed by atoms with Gasteiger partial charge in [0, 0.05) is 6.04 Å². The Morgan fingerprint density at radius 3 is 2.80 bits per heavy atom. The summed E-state index contributed by atoms with van der Waals surface area (Å²) in [7, 11) is 6.04. The Morgan fingerprint density at radius 2 is 2.13 bits per heavy atom. The van der Waals surface area contributed by atoms with Gasteiger partial charge >= 0.3 is 0 Å². The quantitative estimate of drug-likeness (QED) is 0.736. The van der Waals surface area contributed by atoms with Crippen LogP contribution >= 0.6 is 0 Å². The van der Waals surface area contributed by atoms with E-state index < -0.39 is 0 Å². The van der Waals surface area contributed by atoms with Crippen LogP contribution in [0.25, 0.3) is 0 Å². The summed E-state index contributed by atoms with van der Waals surface area (Å²) in [6, 6.07) is 7.06. The molecular weight excluding hydrogens is 186 g/mol. The molecule has 15 heavy (non-hydrogen) atoms. The third-order valence-corrected chi connectivity index (χ3v) is 3.26. The maximum absolute atomic E-state index is 5.26. The lowest BCUT2D eigenvalue weighted by Gasteiger charge is -2.30. The molecule has 0 spiro atoms. The van der Waals surface area contributed by atoms with Gasteiger partial charge in [0.25, 0.3) is 0 Å². The Morgan fingerprint density at radius 1 is 1.33 bits per heavy atom. The van der Waals surface area contributed by atoms with Gasteiger partial charge in [0.05, 0.1) is 7.11 Å². The van der Waals surface area contributed by atoms with Crippen molar-refractivity contribution in [3.05, 3.63) is 29.3 Å². The number of fused-ring (bicyclic) bond motifs is 1. The summed E-state index contributed by atoms with van der Waals surface area (Å²) >= 11 is 0. The molecule has 0 saturated heterocycles. The van der Waals surface area contributed by atoms with E-state index >= 15 is 0 Å². The van der Waals surface area contributed by atoms with Crippen LogP contribution in [0.2, 0.25) is 0 Å². The second kappa shape index (κ2) is 4.23. The second-order valence-corrected chi connectivity index (χ2v) is 4.44. The van der Waals surface area contributed by atoms with Gasteiger partial charge in [-0.15, -0.1) is 0 Å². The maximum atomic E-state index is 5.26. The van der Waals surface area contributed by atoms with E-state index in [0.29, 0.717) is 6.04 Å². The normalized spacial score (nSPS) is 20.1. The van der Waals surface area contributed by atoms with E-state index in [4.69, 9.17) is 4.74 Å². The molecule has 1 aliphatic carbocycles. The molecule has 0 unspecified atom stereocenters. The van der Waals surface area contributed by atoms with E-state index in [-0.39, 0.29) is 0 Å². The van der Waals surface area contributed by atoms with Crippen LogP contribution in [0.15, 0.2) is 18.2 Å². The average molecular weight is 205 g/mol. The van der Waals surface area contributed by atoms with Crippen LogP contribution in [0, 0.1) is 0 Å². The van der Waals surface area contributed by atoms with Gasteiger partial charge in [0.2, 0.25) is 0 Å². The van der Waals surface area contributed by atoms with E-state index in [1.807, 2.05) is 0 Å². The zero-order valence-electron chi connectivity index (χ0n) is 9.79. The minimum atomic E-state index is 0.583. The first-order valence-electron chi connectivity index (χ1n) is 5.55. The van der Waals surface area contributed by atoms with Gasteiger partial charge in [-0.25, -0.2) is 0 Å². The number of benzene rings is 1. The number of aryl methyl sites for hydroxylation is 1. The van der Waals surface area contributed by atoms with Gasteiger partial charge in [-0.3, -0.25) is 0 Å². The maximum Gasteiger partial charge on any atom is 0.119 e. The van der Waals surface area contributed by atoms with Crippen LogP contribution in [0.1, 0.15) is 30.0 Å². The number of ether oxygens (including phenoxy) is 1. The molecule has 1 aromatic rings. The van der Waals surface area contributed by atoms with E-state index in [9.17, 15) is 0 Å². The molecule has 1 atom stereocenters. The van der Waals surface area contributed by atoms with Crippen molar-refractivity contribution in [1.82, 2.24) is 4.90 Å². The zero-order chi connectivity index (χ0) is 10.8. The van der Waals surface area contributed by atoms with E-state index in [0.717, 1.165) is 5.75 Å². The Labute approximate surface area is 91.9 Å². The van der Waals surface area contributed by atoms with Crippen molar-refractivity contribution in [2.45, 2.75) is 25.3 Å². The van der Waals surface area contributed by atoms with Crippen LogP contribution in [-0.2, 0) is 6.42 Å². The molecule has 2 rings (SSSR count). The topological polar surface area (TPSA) is 12.5 Å². The largest absolute Gasteiger partial charge is 0.497 e. The van der Waals surface area contributed by atoms with Gasteiger partial charge in [-0.05, 0) is 56.6 Å². The third-order valence-electron chi connectivity index (χ3n) is 3.26. The Balaban J connectivity index is 2.36. The van der Waals surface area contributed by atoms with Crippen LogP contribution in [0.4, 0.5) is 0 Å². The summed E-state index contributed by atoms with van der Waals surface area (Å²) in [5.74, 6) is 0.980. The molecule has 0 heterocycles. The lowest BCUT2D eigenvalue weighted by Crippen LogP contribution is -2.24. The number of rotatable bonds is 2. The summed E-state index contributed by atoms with van der Waals surface area (Å²) in [5.41, 5.74) is 2.94. The highest BCUT2D eigenvalue weighted by Gasteiger charge is 2.21. The SMILES string of the molecule is COc1ccc2c(c1)CCC[C@@H]2N(C)C. The molecule has 0 aliphatic heterocycles. The number of hydrogen-bond donors (Lipinski definition) is 0. The number of methoxy groups -OCH3 is 1.